The van der Waals surface area contributed by atoms with Crippen molar-refractivity contribution in [1.29, 1.82) is 0 Å². The number of aliphatic carboxylic acids is 1. The third-order valence-corrected chi connectivity index (χ3v) is 4.89. The lowest BCUT2D eigenvalue weighted by atomic mass is 9.97. The fraction of sp³-hybridized carbons (Fsp3) is 0.476. The van der Waals surface area contributed by atoms with Gasteiger partial charge in [-0.15, -0.1) is 0 Å². The fourth-order valence-electron chi connectivity index (χ4n) is 2.85. The lowest BCUT2D eigenvalue weighted by Crippen LogP contribution is -2.56. The van der Waals surface area contributed by atoms with E-state index in [1.54, 1.807) is 6.92 Å². The Kier molecular flexibility index (Phi) is 10.8. The number of nitrogens with two attached hydrogens (primary N) is 2. The summed E-state index contributed by atoms with van der Waals surface area (Å²) in [7, 11) is 0. The predicted molar refractivity (Wildman–Crippen MR) is 116 cm³/mol. The molecule has 4 atom stereocenters. The van der Waals surface area contributed by atoms with Gasteiger partial charge in [-0.25, -0.2) is 4.79 Å². The van der Waals surface area contributed by atoms with Gasteiger partial charge in [-0.05, 0) is 17.9 Å². The second kappa shape index (κ2) is 13.1. The number of carbonyl (C=O) groups is 5. The number of hydrogen-bond donors (Lipinski definition) is 6. The number of rotatable bonds is 13. The predicted octanol–water partition coefficient (Wildman–Crippen LogP) is -1.35. The summed E-state index contributed by atoms with van der Waals surface area (Å²) in [6.07, 6.45) is 0.276. The largest absolute Gasteiger partial charge is 0.480 e. The maximum atomic E-state index is 12.6. The van der Waals surface area contributed by atoms with E-state index in [9.17, 15) is 24.0 Å². The van der Waals surface area contributed by atoms with E-state index < -0.39 is 60.7 Å². The van der Waals surface area contributed by atoms with Crippen molar-refractivity contribution in [2.45, 2.75) is 51.2 Å². The molecule has 0 bridgehead atoms. The average Bonchev–Trinajstić information content (AvgIpc) is 2.74. The van der Waals surface area contributed by atoms with Gasteiger partial charge in [0.15, 0.2) is 0 Å². The molecule has 176 valence electrons. The van der Waals surface area contributed by atoms with E-state index in [1.807, 2.05) is 37.3 Å². The highest BCUT2D eigenvalue weighted by molar-refractivity contribution is 5.93. The summed E-state index contributed by atoms with van der Waals surface area (Å²) in [5, 5.41) is 16.1. The second-order valence-corrected chi connectivity index (χ2v) is 7.51. The van der Waals surface area contributed by atoms with Crippen molar-refractivity contribution >= 4 is 29.6 Å². The van der Waals surface area contributed by atoms with E-state index in [2.05, 4.69) is 16.0 Å². The van der Waals surface area contributed by atoms with Crippen molar-refractivity contribution < 1.29 is 29.1 Å². The van der Waals surface area contributed by atoms with Crippen LogP contribution in [0.15, 0.2) is 30.3 Å². The van der Waals surface area contributed by atoms with Crippen molar-refractivity contribution in [3.05, 3.63) is 35.9 Å². The van der Waals surface area contributed by atoms with E-state index in [0.717, 1.165) is 5.56 Å². The Bertz CT molecular complexity index is 816. The highest BCUT2D eigenvalue weighted by Gasteiger charge is 2.29. The summed E-state index contributed by atoms with van der Waals surface area (Å²) in [5.41, 5.74) is 11.8. The molecule has 11 heteroatoms. The molecule has 1 aromatic carbocycles. The van der Waals surface area contributed by atoms with Crippen molar-refractivity contribution in [2.24, 2.45) is 17.4 Å². The molecule has 1 rings (SSSR count). The number of nitrogens with one attached hydrogen (secondary N) is 3. The summed E-state index contributed by atoms with van der Waals surface area (Å²) in [5.74, 6) is -4.52. The minimum Gasteiger partial charge on any atom is -0.480 e. The first kappa shape index (κ1) is 26.6. The molecular weight excluding hydrogens is 418 g/mol. The van der Waals surface area contributed by atoms with Gasteiger partial charge in [0.1, 0.15) is 12.1 Å². The van der Waals surface area contributed by atoms with Crippen LogP contribution in [0, 0.1) is 5.92 Å². The number of primary amides is 1. The standard InChI is InChI=1S/C21H31N5O6/c1-3-12(2)18(26-19(29)14(22)9-13-7-5-4-6-8-13)20(30)24-11-17(28)25-15(21(31)32)10-16(23)27/h4-8,12,14-15,18H,3,9-11,22H2,1-2H3,(H2,23,27)(H,24,30)(H,25,28)(H,26,29)(H,31,32). The Morgan fingerprint density at radius 1 is 1.03 bits per heavy atom. The quantitative estimate of drug-likeness (QED) is 0.214. The molecule has 0 aliphatic rings. The average molecular weight is 450 g/mol. The van der Waals surface area contributed by atoms with Gasteiger partial charge in [-0.1, -0.05) is 50.6 Å². The van der Waals surface area contributed by atoms with E-state index in [1.165, 1.54) is 0 Å². The van der Waals surface area contributed by atoms with Crippen molar-refractivity contribution in [3.63, 3.8) is 0 Å². The van der Waals surface area contributed by atoms with E-state index >= 15 is 0 Å². The molecule has 1 aromatic rings. The molecule has 0 aliphatic carbocycles. The second-order valence-electron chi connectivity index (χ2n) is 7.51. The van der Waals surface area contributed by atoms with Crippen LogP contribution in [0.3, 0.4) is 0 Å². The third kappa shape index (κ3) is 9.13. The summed E-state index contributed by atoms with van der Waals surface area (Å²) < 4.78 is 0. The zero-order chi connectivity index (χ0) is 24.3. The molecule has 0 saturated carbocycles. The highest BCUT2D eigenvalue weighted by Crippen LogP contribution is 2.09. The van der Waals surface area contributed by atoms with Gasteiger partial charge >= 0.3 is 5.97 Å². The molecule has 0 spiro atoms. The van der Waals surface area contributed by atoms with Gasteiger partial charge < -0.3 is 32.5 Å². The summed E-state index contributed by atoms with van der Waals surface area (Å²) in [4.78, 5) is 59.2. The molecule has 0 aliphatic heterocycles. The van der Waals surface area contributed by atoms with Crippen LogP contribution >= 0.6 is 0 Å². The van der Waals surface area contributed by atoms with Crippen LogP contribution in [0.4, 0.5) is 0 Å². The SMILES string of the molecule is CCC(C)C(NC(=O)C(N)Cc1ccccc1)C(=O)NCC(=O)NC(CC(N)=O)C(=O)O. The summed E-state index contributed by atoms with van der Waals surface area (Å²) in [6, 6.07) is 5.88. The summed E-state index contributed by atoms with van der Waals surface area (Å²) >= 11 is 0. The van der Waals surface area contributed by atoms with Crippen LogP contribution < -0.4 is 27.4 Å². The van der Waals surface area contributed by atoms with Gasteiger partial charge in [0.25, 0.3) is 0 Å². The van der Waals surface area contributed by atoms with Crippen LogP contribution in [0.2, 0.25) is 0 Å². The Morgan fingerprint density at radius 3 is 2.19 bits per heavy atom. The van der Waals surface area contributed by atoms with Crippen molar-refractivity contribution in [2.75, 3.05) is 6.54 Å². The third-order valence-electron chi connectivity index (χ3n) is 4.89. The highest BCUT2D eigenvalue weighted by atomic mass is 16.4. The lowest BCUT2D eigenvalue weighted by Gasteiger charge is -2.25. The zero-order valence-corrected chi connectivity index (χ0v) is 18.2. The number of hydrogen-bond acceptors (Lipinski definition) is 6. The first-order chi connectivity index (χ1) is 15.0. The monoisotopic (exact) mass is 449 g/mol. The molecular formula is C21H31N5O6. The first-order valence-electron chi connectivity index (χ1n) is 10.2. The molecule has 4 unspecified atom stereocenters. The minimum atomic E-state index is -1.50. The summed E-state index contributed by atoms with van der Waals surface area (Å²) in [6.45, 7) is 3.07. The zero-order valence-electron chi connectivity index (χ0n) is 18.2. The van der Waals surface area contributed by atoms with Crippen LogP contribution in [0.5, 0.6) is 0 Å². The first-order valence-corrected chi connectivity index (χ1v) is 10.2. The number of carbonyl (C=O) groups excluding carboxylic acids is 4. The van der Waals surface area contributed by atoms with Crippen LogP contribution in [-0.4, -0.2) is 59.4 Å². The van der Waals surface area contributed by atoms with Crippen LogP contribution in [0.25, 0.3) is 0 Å². The lowest BCUT2D eigenvalue weighted by molar-refractivity contribution is -0.143. The van der Waals surface area contributed by atoms with Gasteiger partial charge in [-0.3, -0.25) is 19.2 Å². The molecule has 11 nitrogen and oxygen atoms in total. The number of amides is 4. The molecule has 0 radical (unpaired) electrons. The van der Waals surface area contributed by atoms with Gasteiger partial charge in [0.2, 0.25) is 23.6 Å². The molecule has 32 heavy (non-hydrogen) atoms. The molecule has 0 heterocycles. The number of carboxylic acid groups (broad SMARTS) is 1. The Labute approximate surface area is 186 Å². The van der Waals surface area contributed by atoms with E-state index in [0.29, 0.717) is 12.8 Å². The maximum Gasteiger partial charge on any atom is 0.326 e. The Morgan fingerprint density at radius 2 is 1.66 bits per heavy atom. The molecule has 8 N–H and O–H groups in total. The maximum absolute atomic E-state index is 12.6. The molecule has 0 fully saturated rings. The fourth-order valence-corrected chi connectivity index (χ4v) is 2.85. The van der Waals surface area contributed by atoms with E-state index in [-0.39, 0.29) is 5.92 Å². The van der Waals surface area contributed by atoms with Crippen molar-refractivity contribution in [1.82, 2.24) is 16.0 Å². The molecule has 0 aromatic heterocycles. The molecule has 0 saturated heterocycles. The van der Waals surface area contributed by atoms with Gasteiger partial charge in [-0.2, -0.15) is 0 Å². The normalized spacial score (nSPS) is 14.3. The minimum absolute atomic E-state index is 0.257. The number of carboxylic acids is 1. The topological polar surface area (TPSA) is 194 Å². The van der Waals surface area contributed by atoms with Gasteiger partial charge in [0.05, 0.1) is 19.0 Å². The number of benzene rings is 1. The van der Waals surface area contributed by atoms with Gasteiger partial charge in [0, 0.05) is 0 Å². The van der Waals surface area contributed by atoms with E-state index in [4.69, 9.17) is 16.6 Å². The smallest absolute Gasteiger partial charge is 0.326 e. The van der Waals surface area contributed by atoms with Crippen LogP contribution in [0.1, 0.15) is 32.3 Å². The van der Waals surface area contributed by atoms with Crippen molar-refractivity contribution in [3.8, 4) is 0 Å². The Balaban J connectivity index is 2.69. The van der Waals surface area contributed by atoms with Crippen LogP contribution in [-0.2, 0) is 30.4 Å². The Hall–Kier alpha value is -3.47. The molecule has 4 amide bonds.